The first-order valence-corrected chi connectivity index (χ1v) is 6.86. The zero-order valence-electron chi connectivity index (χ0n) is 12.6. The van der Waals surface area contributed by atoms with Crippen LogP contribution in [0.25, 0.3) is 0 Å². The molecule has 0 aliphatic heterocycles. The Bertz CT molecular complexity index is 734. The van der Waals surface area contributed by atoms with Gasteiger partial charge in [-0.15, -0.1) is 5.10 Å². The topological polar surface area (TPSA) is 57.0 Å². The molecule has 2 rings (SSSR count). The average molecular weight is 367 g/mol. The second-order valence-electron chi connectivity index (χ2n) is 4.94. The Morgan fingerprint density at radius 1 is 1.08 bits per heavy atom. The number of hydrogen-bond donors (Lipinski definition) is 0. The highest BCUT2D eigenvalue weighted by molar-refractivity contribution is 5.86. The van der Waals surface area contributed by atoms with E-state index in [1.165, 1.54) is 0 Å². The second kappa shape index (κ2) is 6.73. The fourth-order valence-electron chi connectivity index (χ4n) is 1.97. The molecule has 1 aromatic carbocycles. The van der Waals surface area contributed by atoms with Gasteiger partial charge >= 0.3 is 18.3 Å². The van der Waals surface area contributed by atoms with Crippen molar-refractivity contribution in [3.05, 3.63) is 46.8 Å². The Kier molecular flexibility index (Phi) is 5.04. The molecule has 136 valence electrons. The van der Waals surface area contributed by atoms with E-state index in [0.29, 0.717) is 12.1 Å². The Hall–Kier alpha value is -2.59. The van der Waals surface area contributed by atoms with E-state index in [9.17, 15) is 31.1 Å². The molecule has 0 fully saturated rings. The number of alkyl halides is 6. The maximum atomic E-state index is 12.8. The summed E-state index contributed by atoms with van der Waals surface area (Å²) in [5.41, 5.74) is -3.35. The molecule has 5 nitrogen and oxygen atoms in total. The molecule has 0 unspecified atom stereocenters. The van der Waals surface area contributed by atoms with Gasteiger partial charge in [0.25, 0.3) is 0 Å². The Morgan fingerprint density at radius 3 is 2.12 bits per heavy atom. The summed E-state index contributed by atoms with van der Waals surface area (Å²) in [5.74, 6) is -0.797. The van der Waals surface area contributed by atoms with E-state index >= 15 is 0 Å². The Morgan fingerprint density at radius 2 is 1.64 bits per heavy atom. The average Bonchev–Trinajstić information content (AvgIpc) is 2.94. The van der Waals surface area contributed by atoms with Crippen molar-refractivity contribution in [2.45, 2.75) is 25.8 Å². The zero-order chi connectivity index (χ0) is 18.8. The van der Waals surface area contributed by atoms with E-state index in [2.05, 4.69) is 15.0 Å². The molecule has 0 saturated heterocycles. The number of rotatable bonds is 4. The van der Waals surface area contributed by atoms with Crippen LogP contribution in [0.1, 0.15) is 34.1 Å². The zero-order valence-corrected chi connectivity index (χ0v) is 12.6. The molecule has 0 aliphatic rings. The van der Waals surface area contributed by atoms with Crippen molar-refractivity contribution in [2.24, 2.45) is 0 Å². The molecule has 1 aromatic heterocycles. The molecule has 1 heterocycles. The van der Waals surface area contributed by atoms with Crippen LogP contribution >= 0.6 is 0 Å². The molecule has 0 aliphatic carbocycles. The smallest absolute Gasteiger partial charge is 0.416 e. The van der Waals surface area contributed by atoms with Gasteiger partial charge in [-0.1, -0.05) is 5.21 Å². The predicted octanol–water partition coefficient (Wildman–Crippen LogP) is 3.54. The highest BCUT2D eigenvalue weighted by Gasteiger charge is 2.36. The van der Waals surface area contributed by atoms with Gasteiger partial charge < -0.3 is 4.74 Å². The molecule has 0 saturated carbocycles. The van der Waals surface area contributed by atoms with Crippen LogP contribution in [0.3, 0.4) is 0 Å². The van der Waals surface area contributed by atoms with Gasteiger partial charge in [0.15, 0.2) is 5.69 Å². The van der Waals surface area contributed by atoms with Crippen molar-refractivity contribution in [1.29, 1.82) is 0 Å². The van der Waals surface area contributed by atoms with Crippen LogP contribution in [-0.2, 0) is 23.6 Å². The number of halogens is 6. The molecule has 2 aromatic rings. The molecule has 0 bridgehead atoms. The lowest BCUT2D eigenvalue weighted by atomic mass is 10.0. The van der Waals surface area contributed by atoms with Crippen molar-refractivity contribution >= 4 is 5.97 Å². The van der Waals surface area contributed by atoms with Crippen molar-refractivity contribution in [1.82, 2.24) is 15.0 Å². The summed E-state index contributed by atoms with van der Waals surface area (Å²) in [6.07, 6.45) is -8.80. The third kappa shape index (κ3) is 4.70. The van der Waals surface area contributed by atoms with E-state index in [1.54, 1.807) is 6.92 Å². The van der Waals surface area contributed by atoms with Gasteiger partial charge in [-0.05, 0) is 30.7 Å². The number of benzene rings is 1. The standard InChI is InChI=1S/C14H11F6N3O2/c1-2-25-12(24)11-7-23(22-21-11)6-8-3-9(13(15,16)17)5-10(4-8)14(18,19)20/h3-5,7H,2,6H2,1H3. The van der Waals surface area contributed by atoms with Gasteiger partial charge in [0.1, 0.15) is 0 Å². The lowest BCUT2D eigenvalue weighted by Crippen LogP contribution is -2.13. The molecular weight excluding hydrogens is 356 g/mol. The fourth-order valence-corrected chi connectivity index (χ4v) is 1.97. The van der Waals surface area contributed by atoms with Crippen LogP contribution in [0.5, 0.6) is 0 Å². The molecular formula is C14H11F6N3O2. The van der Waals surface area contributed by atoms with Crippen molar-refractivity contribution in [3.63, 3.8) is 0 Å². The van der Waals surface area contributed by atoms with Crippen LogP contribution in [-0.4, -0.2) is 27.6 Å². The monoisotopic (exact) mass is 367 g/mol. The minimum Gasteiger partial charge on any atom is -0.461 e. The number of hydrogen-bond acceptors (Lipinski definition) is 4. The minimum absolute atomic E-state index is 0.0366. The first-order valence-electron chi connectivity index (χ1n) is 6.86. The van der Waals surface area contributed by atoms with E-state index in [0.717, 1.165) is 10.9 Å². The van der Waals surface area contributed by atoms with Gasteiger partial charge in [-0.25, -0.2) is 9.48 Å². The molecule has 0 atom stereocenters. The number of aromatic nitrogens is 3. The Labute approximate surface area is 137 Å². The van der Waals surface area contributed by atoms with Crippen LogP contribution < -0.4 is 0 Å². The van der Waals surface area contributed by atoms with E-state index in [4.69, 9.17) is 0 Å². The molecule has 0 N–H and O–H groups in total. The van der Waals surface area contributed by atoms with Crippen molar-refractivity contribution in [2.75, 3.05) is 6.61 Å². The lowest BCUT2D eigenvalue weighted by molar-refractivity contribution is -0.143. The summed E-state index contributed by atoms with van der Waals surface area (Å²) >= 11 is 0. The van der Waals surface area contributed by atoms with Gasteiger partial charge in [0.2, 0.25) is 0 Å². The van der Waals surface area contributed by atoms with Gasteiger partial charge in [-0.3, -0.25) is 0 Å². The first kappa shape index (κ1) is 18.7. The number of esters is 1. The van der Waals surface area contributed by atoms with Crippen LogP contribution in [0.4, 0.5) is 26.3 Å². The summed E-state index contributed by atoms with van der Waals surface area (Å²) in [4.78, 5) is 11.4. The second-order valence-corrected chi connectivity index (χ2v) is 4.94. The Balaban J connectivity index is 2.34. The van der Waals surface area contributed by atoms with Crippen LogP contribution in [0, 0.1) is 0 Å². The third-order valence-electron chi connectivity index (χ3n) is 3.02. The number of carbonyl (C=O) groups is 1. The summed E-state index contributed by atoms with van der Waals surface area (Å²) in [6.45, 7) is 1.21. The molecule has 0 amide bonds. The maximum Gasteiger partial charge on any atom is 0.416 e. The largest absolute Gasteiger partial charge is 0.461 e. The summed E-state index contributed by atoms with van der Waals surface area (Å²) in [5, 5.41) is 6.97. The number of ether oxygens (including phenoxy) is 1. The summed E-state index contributed by atoms with van der Waals surface area (Å²) in [7, 11) is 0. The van der Waals surface area contributed by atoms with Crippen LogP contribution in [0.2, 0.25) is 0 Å². The molecule has 25 heavy (non-hydrogen) atoms. The SMILES string of the molecule is CCOC(=O)c1cn(Cc2cc(C(F)(F)F)cc(C(F)(F)F)c2)nn1. The molecule has 11 heteroatoms. The maximum absolute atomic E-state index is 12.8. The predicted molar refractivity (Wildman–Crippen MR) is 71.5 cm³/mol. The van der Waals surface area contributed by atoms with E-state index in [-0.39, 0.29) is 23.9 Å². The quantitative estimate of drug-likeness (QED) is 0.613. The van der Waals surface area contributed by atoms with E-state index < -0.39 is 36.0 Å². The number of carbonyl (C=O) groups excluding carboxylic acids is 1. The summed E-state index contributed by atoms with van der Waals surface area (Å²) in [6, 6.07) is 1.21. The third-order valence-corrected chi connectivity index (χ3v) is 3.02. The first-order chi connectivity index (χ1) is 11.5. The van der Waals surface area contributed by atoms with Crippen LogP contribution in [0.15, 0.2) is 24.4 Å². The normalized spacial score (nSPS) is 12.3. The van der Waals surface area contributed by atoms with Gasteiger partial charge in [0, 0.05) is 0 Å². The lowest BCUT2D eigenvalue weighted by Gasteiger charge is -2.14. The van der Waals surface area contributed by atoms with Gasteiger partial charge in [0.05, 0.1) is 30.5 Å². The van der Waals surface area contributed by atoms with Gasteiger partial charge in [-0.2, -0.15) is 26.3 Å². The molecule has 0 spiro atoms. The highest BCUT2D eigenvalue weighted by atomic mass is 19.4. The van der Waals surface area contributed by atoms with E-state index in [1.807, 2.05) is 0 Å². The fraction of sp³-hybridized carbons (Fsp3) is 0.357. The summed E-state index contributed by atoms with van der Waals surface area (Å²) < 4.78 is 82.5. The van der Waals surface area contributed by atoms with Crippen molar-refractivity contribution in [3.8, 4) is 0 Å². The molecule has 0 radical (unpaired) electrons. The highest BCUT2D eigenvalue weighted by Crippen LogP contribution is 2.36. The number of nitrogens with zero attached hydrogens (tertiary/aromatic N) is 3. The minimum atomic E-state index is -4.94. The van der Waals surface area contributed by atoms with Crippen molar-refractivity contribution < 1.29 is 35.9 Å².